The first kappa shape index (κ1) is 51.6. The highest BCUT2D eigenvalue weighted by atomic mass is 16.5. The van der Waals surface area contributed by atoms with Crippen molar-refractivity contribution in [3.63, 3.8) is 0 Å². The molecule has 1 aromatic heterocycles. The summed E-state index contributed by atoms with van der Waals surface area (Å²) < 4.78 is 5.42. The minimum absolute atomic E-state index is 0.214. The fourth-order valence-corrected chi connectivity index (χ4v) is 7.55. The van der Waals surface area contributed by atoms with Crippen molar-refractivity contribution in [3.8, 4) is 5.75 Å². The van der Waals surface area contributed by atoms with E-state index in [2.05, 4.69) is 145 Å². The van der Waals surface area contributed by atoms with E-state index in [4.69, 9.17) is 9.84 Å². The van der Waals surface area contributed by atoms with Crippen LogP contribution in [0.4, 0.5) is 0 Å². The van der Waals surface area contributed by atoms with Gasteiger partial charge in [0.2, 0.25) is 0 Å². The zero-order valence-electron chi connectivity index (χ0n) is 38.8. The first-order valence-corrected chi connectivity index (χ1v) is 22.7. The standard InChI is InChI=1S/C18H22O.C14H19NO.C12H18O2.C12H18O/c1-14(2)17(13-19)18(15-9-5-3-6-10-15)16-11-7-4-8-12-16;1-10(2)12(9-16)7-11-8-15-14-6-4-3-5-13(11)14;1-10(2)8-11(13)9-14-12-6-4-3-5-7-12;1-10(2)12(9-13)8-11-6-4-3-5-7-11/h3-12,14,17-19H,13H2,1-2H3;3-6,8,10,12,15-16H,7,9H2,1-2H3;3-7,10-11,13H,8-9H2,1-2H3;3-7,10,12-13H,8-9H2,1-2H3. The predicted octanol–water partition coefficient (Wildman–Crippen LogP) is 12.0. The molecule has 5 N–H and O–H groups in total. The lowest BCUT2D eigenvalue weighted by Crippen LogP contribution is -2.23. The molecule has 0 saturated carbocycles. The summed E-state index contributed by atoms with van der Waals surface area (Å²) in [6.07, 6.45) is 4.41. The van der Waals surface area contributed by atoms with Crippen LogP contribution in [0.25, 0.3) is 10.9 Å². The normalized spacial score (nSPS) is 13.1. The van der Waals surface area contributed by atoms with Gasteiger partial charge in [0.05, 0.1) is 6.10 Å². The zero-order valence-corrected chi connectivity index (χ0v) is 38.8. The molecule has 62 heavy (non-hydrogen) atoms. The smallest absolute Gasteiger partial charge is 0.119 e. The molecule has 0 saturated heterocycles. The van der Waals surface area contributed by atoms with E-state index in [1.54, 1.807) is 0 Å². The molecule has 6 rings (SSSR count). The van der Waals surface area contributed by atoms with Crippen LogP contribution < -0.4 is 4.74 Å². The second kappa shape index (κ2) is 28.8. The van der Waals surface area contributed by atoms with Gasteiger partial charge in [-0.3, -0.25) is 0 Å². The van der Waals surface area contributed by atoms with E-state index < -0.39 is 0 Å². The van der Waals surface area contributed by atoms with Crippen molar-refractivity contribution >= 4 is 10.9 Å². The topological polar surface area (TPSA) is 106 Å². The van der Waals surface area contributed by atoms with Crippen LogP contribution in [0.15, 0.2) is 152 Å². The Balaban J connectivity index is 0.000000223. The van der Waals surface area contributed by atoms with Gasteiger partial charge in [0.15, 0.2) is 0 Å². The van der Waals surface area contributed by atoms with E-state index in [-0.39, 0.29) is 37.8 Å². The summed E-state index contributed by atoms with van der Waals surface area (Å²) in [6.45, 7) is 18.3. The molecule has 4 atom stereocenters. The van der Waals surface area contributed by atoms with Crippen molar-refractivity contribution in [3.05, 3.63) is 174 Å². The summed E-state index contributed by atoms with van der Waals surface area (Å²) in [5.74, 6) is 4.05. The summed E-state index contributed by atoms with van der Waals surface area (Å²) in [6, 6.07) is 49.2. The monoisotopic (exact) mass is 844 g/mol. The summed E-state index contributed by atoms with van der Waals surface area (Å²) >= 11 is 0. The Morgan fingerprint density at radius 2 is 0.984 bits per heavy atom. The number of aliphatic hydroxyl groups is 4. The molecule has 0 bridgehead atoms. The molecule has 0 aliphatic carbocycles. The minimum atomic E-state index is -0.366. The number of hydrogen-bond acceptors (Lipinski definition) is 5. The van der Waals surface area contributed by atoms with E-state index >= 15 is 0 Å². The SMILES string of the molecule is CC(C)C(CO)C(c1ccccc1)c1ccccc1.CC(C)C(CO)Cc1c[nH]c2ccccc12.CC(C)C(CO)Cc1ccccc1.CC(C)CC(O)COc1ccccc1. The Morgan fingerprint density at radius 3 is 1.45 bits per heavy atom. The van der Waals surface area contributed by atoms with Gasteiger partial charge < -0.3 is 30.1 Å². The molecule has 4 unspecified atom stereocenters. The first-order valence-electron chi connectivity index (χ1n) is 22.7. The van der Waals surface area contributed by atoms with Crippen molar-refractivity contribution < 1.29 is 25.2 Å². The van der Waals surface area contributed by atoms with Gasteiger partial charge in [0.1, 0.15) is 12.4 Å². The summed E-state index contributed by atoms with van der Waals surface area (Å²) in [7, 11) is 0. The molecule has 1 heterocycles. The van der Waals surface area contributed by atoms with Crippen LogP contribution in [0.1, 0.15) is 90.0 Å². The molecule has 0 amide bonds. The third kappa shape index (κ3) is 18.3. The molecule has 5 aromatic carbocycles. The summed E-state index contributed by atoms with van der Waals surface area (Å²) in [4.78, 5) is 3.27. The van der Waals surface area contributed by atoms with Crippen LogP contribution in [-0.2, 0) is 12.8 Å². The van der Waals surface area contributed by atoms with Gasteiger partial charge in [0.25, 0.3) is 0 Å². The average molecular weight is 844 g/mol. The Labute approximate surface area is 374 Å². The largest absolute Gasteiger partial charge is 0.491 e. The second-order valence-corrected chi connectivity index (χ2v) is 17.9. The van der Waals surface area contributed by atoms with Crippen molar-refractivity contribution in [2.45, 2.75) is 86.7 Å². The van der Waals surface area contributed by atoms with Crippen LogP contribution in [0.2, 0.25) is 0 Å². The van der Waals surface area contributed by atoms with Gasteiger partial charge in [-0.05, 0) is 101 Å². The summed E-state index contributed by atoms with van der Waals surface area (Å²) in [5, 5.41) is 39.1. The molecule has 0 aliphatic rings. The van der Waals surface area contributed by atoms with E-state index in [0.717, 1.165) is 25.0 Å². The van der Waals surface area contributed by atoms with E-state index in [9.17, 15) is 15.3 Å². The Bertz CT molecular complexity index is 1940. The number of benzene rings is 5. The van der Waals surface area contributed by atoms with Gasteiger partial charge in [-0.2, -0.15) is 0 Å². The lowest BCUT2D eigenvalue weighted by molar-refractivity contribution is 0.0893. The van der Waals surface area contributed by atoms with Gasteiger partial charge >= 0.3 is 0 Å². The van der Waals surface area contributed by atoms with E-state index in [0.29, 0.717) is 42.1 Å². The maximum Gasteiger partial charge on any atom is 0.119 e. The predicted molar refractivity (Wildman–Crippen MR) is 261 cm³/mol. The number of H-pyrrole nitrogens is 1. The van der Waals surface area contributed by atoms with E-state index in [1.165, 1.54) is 33.2 Å². The highest BCUT2D eigenvalue weighted by Gasteiger charge is 2.26. The van der Waals surface area contributed by atoms with Gasteiger partial charge in [0, 0.05) is 42.8 Å². The molecule has 0 fully saturated rings. The molecule has 6 heteroatoms. The molecule has 336 valence electrons. The lowest BCUT2D eigenvalue weighted by atomic mass is 9.76. The Morgan fingerprint density at radius 1 is 0.516 bits per heavy atom. The highest BCUT2D eigenvalue weighted by molar-refractivity contribution is 5.83. The molecule has 6 aromatic rings. The van der Waals surface area contributed by atoms with Crippen LogP contribution >= 0.6 is 0 Å². The maximum atomic E-state index is 9.79. The van der Waals surface area contributed by atoms with Crippen LogP contribution in [0, 0.1) is 41.4 Å². The number of aromatic nitrogens is 1. The fourth-order valence-electron chi connectivity index (χ4n) is 7.55. The number of aromatic amines is 1. The molecule has 6 nitrogen and oxygen atoms in total. The first-order chi connectivity index (χ1) is 29.9. The average Bonchev–Trinajstić information content (AvgIpc) is 3.69. The summed E-state index contributed by atoms with van der Waals surface area (Å²) in [5.41, 5.74) is 6.36. The maximum absolute atomic E-state index is 9.79. The molecule has 0 aliphatic heterocycles. The number of rotatable bonds is 18. The van der Waals surface area contributed by atoms with Gasteiger partial charge in [-0.1, -0.05) is 183 Å². The number of nitrogens with one attached hydrogen (secondary N) is 1. The van der Waals surface area contributed by atoms with Gasteiger partial charge in [-0.15, -0.1) is 0 Å². The number of hydrogen-bond donors (Lipinski definition) is 5. The quantitative estimate of drug-likeness (QED) is 0.0593. The zero-order chi connectivity index (χ0) is 45.3. The lowest BCUT2D eigenvalue weighted by Gasteiger charge is -2.29. The molecule has 0 spiro atoms. The van der Waals surface area contributed by atoms with Gasteiger partial charge in [-0.25, -0.2) is 0 Å². The van der Waals surface area contributed by atoms with Crippen LogP contribution in [0.3, 0.4) is 0 Å². The number of fused-ring (bicyclic) bond motifs is 1. The second-order valence-electron chi connectivity index (χ2n) is 17.9. The van der Waals surface area contributed by atoms with Crippen molar-refractivity contribution in [2.75, 3.05) is 26.4 Å². The Hall–Kier alpha value is -4.72. The Kier molecular flexibility index (Phi) is 24.0. The van der Waals surface area contributed by atoms with E-state index in [1.807, 2.05) is 66.7 Å². The number of aliphatic hydroxyl groups excluding tert-OH is 4. The fraction of sp³-hybridized carbons (Fsp3) is 0.429. The third-order valence-electron chi connectivity index (χ3n) is 11.6. The molecule has 0 radical (unpaired) electrons. The van der Waals surface area contributed by atoms with Crippen molar-refractivity contribution in [1.29, 1.82) is 0 Å². The number of ether oxygens (including phenoxy) is 1. The van der Waals surface area contributed by atoms with Crippen LogP contribution in [-0.4, -0.2) is 57.9 Å². The van der Waals surface area contributed by atoms with Crippen molar-refractivity contribution in [1.82, 2.24) is 4.98 Å². The minimum Gasteiger partial charge on any atom is -0.491 e. The number of para-hydroxylation sites is 2. The third-order valence-corrected chi connectivity index (χ3v) is 11.6. The molecular weight excluding hydrogens is 767 g/mol. The highest BCUT2D eigenvalue weighted by Crippen LogP contribution is 2.36. The van der Waals surface area contributed by atoms with Crippen molar-refractivity contribution in [2.24, 2.45) is 41.4 Å². The molecular formula is C56H77NO5. The van der Waals surface area contributed by atoms with Crippen LogP contribution in [0.5, 0.6) is 5.75 Å².